The van der Waals surface area contributed by atoms with Crippen molar-refractivity contribution in [3.63, 3.8) is 0 Å². The molecule has 0 aliphatic rings. The molecule has 0 saturated carbocycles. The van der Waals surface area contributed by atoms with Gasteiger partial charge >= 0.3 is 0 Å². The lowest BCUT2D eigenvalue weighted by Gasteiger charge is -2.08. The summed E-state index contributed by atoms with van der Waals surface area (Å²) in [7, 11) is 1.71. The summed E-state index contributed by atoms with van der Waals surface area (Å²) in [6, 6.07) is 1.79. The van der Waals surface area contributed by atoms with Crippen molar-refractivity contribution in [2.45, 2.75) is 18.0 Å². The van der Waals surface area contributed by atoms with E-state index in [1.165, 1.54) is 11.8 Å². The SMILES string of the molecule is COCCCCNc1cc(NN)nc(SC)n1. The molecule has 0 saturated heterocycles. The first-order valence-electron chi connectivity index (χ1n) is 5.42. The van der Waals surface area contributed by atoms with Crippen molar-refractivity contribution >= 4 is 23.4 Å². The second kappa shape index (κ2) is 8.10. The van der Waals surface area contributed by atoms with Crippen LogP contribution in [0.25, 0.3) is 0 Å². The average Bonchev–Trinajstić information content (AvgIpc) is 2.38. The molecule has 96 valence electrons. The van der Waals surface area contributed by atoms with Crippen LogP contribution in [-0.4, -0.2) is 36.5 Å². The van der Waals surface area contributed by atoms with E-state index in [0.29, 0.717) is 11.0 Å². The van der Waals surface area contributed by atoms with E-state index in [1.807, 2.05) is 6.26 Å². The maximum Gasteiger partial charge on any atom is 0.191 e. The van der Waals surface area contributed by atoms with Gasteiger partial charge in [0, 0.05) is 26.3 Å². The summed E-state index contributed by atoms with van der Waals surface area (Å²) >= 11 is 1.48. The highest BCUT2D eigenvalue weighted by Crippen LogP contribution is 2.16. The van der Waals surface area contributed by atoms with Crippen LogP contribution >= 0.6 is 11.8 Å². The lowest BCUT2D eigenvalue weighted by atomic mass is 10.3. The summed E-state index contributed by atoms with van der Waals surface area (Å²) < 4.78 is 4.98. The van der Waals surface area contributed by atoms with Gasteiger partial charge in [0.1, 0.15) is 11.6 Å². The molecule has 0 aliphatic carbocycles. The maximum atomic E-state index is 5.34. The molecule has 4 N–H and O–H groups in total. The number of hydrogen-bond acceptors (Lipinski definition) is 7. The van der Waals surface area contributed by atoms with Crippen molar-refractivity contribution in [2.24, 2.45) is 5.84 Å². The van der Waals surface area contributed by atoms with E-state index in [9.17, 15) is 0 Å². The van der Waals surface area contributed by atoms with Crippen LogP contribution in [0.5, 0.6) is 0 Å². The van der Waals surface area contributed by atoms with Crippen LogP contribution in [0.1, 0.15) is 12.8 Å². The Kier molecular flexibility index (Phi) is 6.68. The Morgan fingerprint density at radius 1 is 1.35 bits per heavy atom. The minimum absolute atomic E-state index is 0.615. The molecular weight excluding hydrogens is 238 g/mol. The summed E-state index contributed by atoms with van der Waals surface area (Å²) in [5, 5.41) is 3.93. The van der Waals surface area contributed by atoms with Crippen LogP contribution in [0.15, 0.2) is 11.2 Å². The largest absolute Gasteiger partial charge is 0.385 e. The van der Waals surface area contributed by atoms with Crippen LogP contribution < -0.4 is 16.6 Å². The van der Waals surface area contributed by atoms with Crippen molar-refractivity contribution in [3.8, 4) is 0 Å². The quantitative estimate of drug-likeness (QED) is 0.213. The van der Waals surface area contributed by atoms with Crippen molar-refractivity contribution in [1.29, 1.82) is 0 Å². The van der Waals surface area contributed by atoms with Gasteiger partial charge in [0.05, 0.1) is 0 Å². The fourth-order valence-electron chi connectivity index (χ4n) is 1.27. The third-order valence-corrected chi connectivity index (χ3v) is 2.67. The van der Waals surface area contributed by atoms with Crippen molar-refractivity contribution in [1.82, 2.24) is 9.97 Å². The summed E-state index contributed by atoms with van der Waals surface area (Å²) in [4.78, 5) is 8.52. The van der Waals surface area contributed by atoms with Gasteiger partial charge in [0.15, 0.2) is 5.16 Å². The molecule has 0 unspecified atom stereocenters. The average molecular weight is 257 g/mol. The lowest BCUT2D eigenvalue weighted by molar-refractivity contribution is 0.194. The van der Waals surface area contributed by atoms with Gasteiger partial charge in [-0.2, -0.15) is 0 Å². The number of nitrogens with two attached hydrogens (primary N) is 1. The zero-order chi connectivity index (χ0) is 12.5. The monoisotopic (exact) mass is 257 g/mol. The number of aromatic nitrogens is 2. The first-order chi connectivity index (χ1) is 8.30. The number of hydrazine groups is 1. The van der Waals surface area contributed by atoms with Gasteiger partial charge in [-0.3, -0.25) is 0 Å². The zero-order valence-corrected chi connectivity index (χ0v) is 11.0. The molecule has 0 aliphatic heterocycles. The normalized spacial score (nSPS) is 10.3. The summed E-state index contributed by atoms with van der Waals surface area (Å²) in [5.74, 6) is 6.74. The number of ether oxygens (including phenoxy) is 1. The smallest absolute Gasteiger partial charge is 0.191 e. The molecular formula is C10H19N5OS. The molecule has 0 radical (unpaired) electrons. The van der Waals surface area contributed by atoms with Crippen LogP contribution in [0.4, 0.5) is 11.6 Å². The molecule has 7 heteroatoms. The molecule has 0 bridgehead atoms. The van der Waals surface area contributed by atoms with Crippen LogP contribution in [0.2, 0.25) is 0 Å². The van der Waals surface area contributed by atoms with Crippen molar-refractivity contribution < 1.29 is 4.74 Å². The van der Waals surface area contributed by atoms with E-state index >= 15 is 0 Å². The second-order valence-corrected chi connectivity index (χ2v) is 4.17. The van der Waals surface area contributed by atoms with Crippen LogP contribution in [0, 0.1) is 0 Å². The number of unbranched alkanes of at least 4 members (excludes halogenated alkanes) is 1. The number of rotatable bonds is 8. The molecule has 0 fully saturated rings. The van der Waals surface area contributed by atoms with E-state index in [2.05, 4.69) is 20.7 Å². The first kappa shape index (κ1) is 14.0. The number of anilines is 2. The Bertz CT molecular complexity index is 314. The third-order valence-electron chi connectivity index (χ3n) is 2.12. The number of nitrogens with one attached hydrogen (secondary N) is 2. The highest BCUT2D eigenvalue weighted by Gasteiger charge is 2.02. The van der Waals surface area contributed by atoms with Gasteiger partial charge in [-0.1, -0.05) is 11.8 Å². The van der Waals surface area contributed by atoms with Gasteiger partial charge < -0.3 is 15.5 Å². The fraction of sp³-hybridized carbons (Fsp3) is 0.600. The number of methoxy groups -OCH3 is 1. The molecule has 1 aromatic heterocycles. The molecule has 0 amide bonds. The Balaban J connectivity index is 2.46. The minimum Gasteiger partial charge on any atom is -0.385 e. The van der Waals surface area contributed by atoms with Crippen molar-refractivity contribution in [2.75, 3.05) is 37.3 Å². The van der Waals surface area contributed by atoms with E-state index in [-0.39, 0.29) is 0 Å². The lowest BCUT2D eigenvalue weighted by Crippen LogP contribution is -2.11. The predicted molar refractivity (Wildman–Crippen MR) is 71.2 cm³/mol. The zero-order valence-electron chi connectivity index (χ0n) is 10.2. The van der Waals surface area contributed by atoms with Crippen molar-refractivity contribution in [3.05, 3.63) is 6.07 Å². The molecule has 1 rings (SSSR count). The van der Waals surface area contributed by atoms with Gasteiger partial charge in [-0.15, -0.1) is 0 Å². The van der Waals surface area contributed by atoms with Gasteiger partial charge in [-0.05, 0) is 19.1 Å². The molecule has 6 nitrogen and oxygen atoms in total. The maximum absolute atomic E-state index is 5.34. The summed E-state index contributed by atoms with van der Waals surface area (Å²) in [5.41, 5.74) is 2.53. The molecule has 1 aromatic rings. The van der Waals surface area contributed by atoms with Gasteiger partial charge in [0.2, 0.25) is 0 Å². The fourth-order valence-corrected chi connectivity index (χ4v) is 1.65. The molecule has 0 atom stereocenters. The summed E-state index contributed by atoms with van der Waals surface area (Å²) in [6.45, 7) is 1.65. The number of nitrogen functional groups attached to an aromatic ring is 1. The molecule has 1 heterocycles. The Morgan fingerprint density at radius 3 is 2.76 bits per heavy atom. The standard InChI is InChI=1S/C10H19N5OS/c1-16-6-4-3-5-12-8-7-9(15-11)14-10(13-8)17-2/h7H,3-6,11H2,1-2H3,(H2,12,13,14,15). The molecule has 0 aromatic carbocycles. The highest BCUT2D eigenvalue weighted by atomic mass is 32.2. The molecule has 0 spiro atoms. The van der Waals surface area contributed by atoms with E-state index in [1.54, 1.807) is 13.2 Å². The number of hydrogen-bond donors (Lipinski definition) is 3. The minimum atomic E-state index is 0.615. The molecule has 17 heavy (non-hydrogen) atoms. The Morgan fingerprint density at radius 2 is 2.12 bits per heavy atom. The van der Waals surface area contributed by atoms with E-state index in [0.717, 1.165) is 31.8 Å². The Labute approximate surface area is 106 Å². The summed E-state index contributed by atoms with van der Waals surface area (Å²) in [6.07, 6.45) is 4.00. The third kappa shape index (κ3) is 5.20. The Hall–Kier alpha value is -1.05. The topological polar surface area (TPSA) is 85.1 Å². The highest BCUT2D eigenvalue weighted by molar-refractivity contribution is 7.98. The first-order valence-corrected chi connectivity index (χ1v) is 6.65. The van der Waals surface area contributed by atoms with Gasteiger partial charge in [0.25, 0.3) is 0 Å². The van der Waals surface area contributed by atoms with E-state index in [4.69, 9.17) is 10.6 Å². The van der Waals surface area contributed by atoms with Crippen LogP contribution in [0.3, 0.4) is 0 Å². The number of thioether (sulfide) groups is 1. The van der Waals surface area contributed by atoms with Gasteiger partial charge in [-0.25, -0.2) is 15.8 Å². The predicted octanol–water partition coefficient (Wildman–Crippen LogP) is 1.32. The second-order valence-electron chi connectivity index (χ2n) is 3.40. The van der Waals surface area contributed by atoms with Crippen LogP contribution in [-0.2, 0) is 4.74 Å². The van der Waals surface area contributed by atoms with E-state index < -0.39 is 0 Å². The number of nitrogens with zero attached hydrogens (tertiary/aromatic N) is 2.